The van der Waals surface area contributed by atoms with Crippen LogP contribution in [-0.4, -0.2) is 47.3 Å². The molecule has 7 nitrogen and oxygen atoms in total. The highest BCUT2D eigenvalue weighted by Gasteiger charge is 2.29. The van der Waals surface area contributed by atoms with Crippen LogP contribution in [0.1, 0.15) is 35.8 Å². The third kappa shape index (κ3) is 4.26. The number of carbonyl (C=O) groups excluding carboxylic acids is 1. The van der Waals surface area contributed by atoms with Gasteiger partial charge in [0.1, 0.15) is 0 Å². The number of benzene rings is 2. The Morgan fingerprint density at radius 1 is 1.00 bits per heavy atom. The molecule has 0 bridgehead atoms. The minimum absolute atomic E-state index is 0.0400. The van der Waals surface area contributed by atoms with Crippen LogP contribution in [0.4, 0.5) is 16.2 Å². The maximum absolute atomic E-state index is 12.6. The van der Waals surface area contributed by atoms with Crippen molar-refractivity contribution in [3.63, 3.8) is 0 Å². The van der Waals surface area contributed by atoms with Gasteiger partial charge in [-0.3, -0.25) is 0 Å². The number of piperazine rings is 1. The van der Waals surface area contributed by atoms with Gasteiger partial charge in [0.2, 0.25) is 11.7 Å². The zero-order valence-corrected chi connectivity index (χ0v) is 18.0. The second-order valence-corrected chi connectivity index (χ2v) is 8.48. The number of aromatic nitrogens is 2. The average molecular weight is 418 g/mol. The van der Waals surface area contributed by atoms with Gasteiger partial charge in [0.05, 0.1) is 0 Å². The second kappa shape index (κ2) is 8.06. The van der Waals surface area contributed by atoms with Gasteiger partial charge in [-0.1, -0.05) is 11.2 Å². The lowest BCUT2D eigenvalue weighted by Gasteiger charge is -2.36. The number of anilines is 2. The molecule has 1 aliphatic carbocycles. The van der Waals surface area contributed by atoms with Gasteiger partial charge in [-0.05, 0) is 74.2 Å². The fourth-order valence-electron chi connectivity index (χ4n) is 3.86. The molecule has 2 heterocycles. The van der Waals surface area contributed by atoms with Gasteiger partial charge in [-0.25, -0.2) is 4.79 Å². The molecule has 0 radical (unpaired) electrons. The Bertz CT molecular complexity index is 1080. The number of rotatable bonds is 4. The second-order valence-electron chi connectivity index (χ2n) is 8.48. The normalized spacial score (nSPS) is 16.5. The van der Waals surface area contributed by atoms with Gasteiger partial charge in [0.15, 0.2) is 0 Å². The zero-order chi connectivity index (χ0) is 21.4. The molecule has 0 unspecified atom stereocenters. The van der Waals surface area contributed by atoms with Crippen molar-refractivity contribution < 1.29 is 9.32 Å². The van der Waals surface area contributed by atoms with E-state index in [9.17, 15) is 4.79 Å². The molecule has 1 saturated carbocycles. The average Bonchev–Trinajstić information content (AvgIpc) is 3.53. The van der Waals surface area contributed by atoms with Crippen LogP contribution in [0.15, 0.2) is 47.0 Å². The summed E-state index contributed by atoms with van der Waals surface area (Å²) in [5.74, 6) is 1.87. The quantitative estimate of drug-likeness (QED) is 0.672. The summed E-state index contributed by atoms with van der Waals surface area (Å²) in [6.07, 6.45) is 2.30. The fourth-order valence-corrected chi connectivity index (χ4v) is 3.86. The number of nitrogens with one attached hydrogen (secondary N) is 1. The number of amides is 2. The first-order chi connectivity index (χ1) is 15.1. The standard InChI is InChI=1S/C24H27N5O2/c1-16-3-8-20(15-17(16)2)25-24(30)29-13-11-28(12-14-29)21-9-6-18(7-10-21)22-26-23(31-27-22)19-4-5-19/h3,6-10,15,19H,4-5,11-14H2,1-2H3,(H,25,30). The van der Waals surface area contributed by atoms with Crippen LogP contribution in [0.2, 0.25) is 0 Å². The molecule has 2 fully saturated rings. The number of carbonyl (C=O) groups is 1. The van der Waals surface area contributed by atoms with E-state index >= 15 is 0 Å². The molecule has 160 valence electrons. The Hall–Kier alpha value is -3.35. The number of hydrogen-bond acceptors (Lipinski definition) is 5. The molecule has 5 rings (SSSR count). The Morgan fingerprint density at radius 2 is 1.74 bits per heavy atom. The summed E-state index contributed by atoms with van der Waals surface area (Å²) in [4.78, 5) is 21.3. The van der Waals surface area contributed by atoms with Crippen LogP contribution >= 0.6 is 0 Å². The number of aryl methyl sites for hydroxylation is 2. The Labute approximate surface area is 182 Å². The zero-order valence-electron chi connectivity index (χ0n) is 18.0. The van der Waals surface area contributed by atoms with E-state index in [-0.39, 0.29) is 6.03 Å². The Balaban J connectivity index is 1.17. The van der Waals surface area contributed by atoms with Gasteiger partial charge < -0.3 is 19.6 Å². The van der Waals surface area contributed by atoms with E-state index in [1.807, 2.05) is 35.2 Å². The first kappa shape index (κ1) is 19.6. The first-order valence-electron chi connectivity index (χ1n) is 10.9. The SMILES string of the molecule is Cc1ccc(NC(=O)N2CCN(c3ccc(-c4noc(C5CC5)n4)cc3)CC2)cc1C. The molecule has 2 aromatic carbocycles. The van der Waals surface area contributed by atoms with Crippen molar-refractivity contribution in [2.75, 3.05) is 36.4 Å². The number of nitrogens with zero attached hydrogens (tertiary/aromatic N) is 4. The van der Waals surface area contributed by atoms with E-state index in [1.54, 1.807) is 0 Å². The molecule has 31 heavy (non-hydrogen) atoms. The van der Waals surface area contributed by atoms with E-state index in [0.717, 1.165) is 48.8 Å². The molecular weight excluding hydrogens is 390 g/mol. The number of urea groups is 1. The monoisotopic (exact) mass is 417 g/mol. The third-order valence-corrected chi connectivity index (χ3v) is 6.18. The molecule has 7 heteroatoms. The van der Waals surface area contributed by atoms with Crippen molar-refractivity contribution in [1.82, 2.24) is 15.0 Å². The maximum Gasteiger partial charge on any atom is 0.321 e. The van der Waals surface area contributed by atoms with E-state index in [2.05, 4.69) is 46.3 Å². The van der Waals surface area contributed by atoms with Crippen LogP contribution in [0.3, 0.4) is 0 Å². The van der Waals surface area contributed by atoms with E-state index in [0.29, 0.717) is 24.8 Å². The number of hydrogen-bond donors (Lipinski definition) is 1. The van der Waals surface area contributed by atoms with Crippen LogP contribution < -0.4 is 10.2 Å². The highest BCUT2D eigenvalue weighted by Crippen LogP contribution is 2.39. The molecule has 1 saturated heterocycles. The molecule has 0 atom stereocenters. The van der Waals surface area contributed by atoms with Crippen molar-refractivity contribution >= 4 is 17.4 Å². The summed E-state index contributed by atoms with van der Waals surface area (Å²) < 4.78 is 5.36. The van der Waals surface area contributed by atoms with E-state index in [1.165, 1.54) is 11.1 Å². The fraction of sp³-hybridized carbons (Fsp3) is 0.375. The van der Waals surface area contributed by atoms with Crippen LogP contribution in [0, 0.1) is 13.8 Å². The smallest absolute Gasteiger partial charge is 0.321 e. The van der Waals surface area contributed by atoms with Crippen molar-refractivity contribution in [3.8, 4) is 11.4 Å². The van der Waals surface area contributed by atoms with Crippen LogP contribution in [-0.2, 0) is 0 Å². The summed E-state index contributed by atoms with van der Waals surface area (Å²) in [6.45, 7) is 7.10. The molecule has 1 aliphatic heterocycles. The van der Waals surface area contributed by atoms with Crippen molar-refractivity contribution in [2.45, 2.75) is 32.6 Å². The molecule has 1 aromatic heterocycles. The van der Waals surface area contributed by atoms with Gasteiger partial charge in [0.25, 0.3) is 0 Å². The predicted octanol–water partition coefficient (Wildman–Crippen LogP) is 4.58. The lowest BCUT2D eigenvalue weighted by molar-refractivity contribution is 0.208. The maximum atomic E-state index is 12.6. The summed E-state index contributed by atoms with van der Waals surface area (Å²) >= 11 is 0. The van der Waals surface area contributed by atoms with Gasteiger partial charge >= 0.3 is 6.03 Å². The summed E-state index contributed by atoms with van der Waals surface area (Å²) in [6, 6.07) is 14.2. The molecule has 2 aliphatic rings. The van der Waals surface area contributed by atoms with Crippen molar-refractivity contribution in [3.05, 3.63) is 59.5 Å². The van der Waals surface area contributed by atoms with Crippen LogP contribution in [0.5, 0.6) is 0 Å². The Kier molecular flexibility index (Phi) is 5.10. The topological polar surface area (TPSA) is 74.5 Å². The van der Waals surface area contributed by atoms with Gasteiger partial charge in [0, 0.05) is 49.0 Å². The van der Waals surface area contributed by atoms with Gasteiger partial charge in [-0.2, -0.15) is 4.98 Å². The van der Waals surface area contributed by atoms with Gasteiger partial charge in [-0.15, -0.1) is 0 Å². The summed E-state index contributed by atoms with van der Waals surface area (Å²) in [5.41, 5.74) is 5.35. The molecular formula is C24H27N5O2. The highest BCUT2D eigenvalue weighted by atomic mass is 16.5. The summed E-state index contributed by atoms with van der Waals surface area (Å²) in [7, 11) is 0. The van der Waals surface area contributed by atoms with E-state index in [4.69, 9.17) is 4.52 Å². The van der Waals surface area contributed by atoms with Crippen LogP contribution in [0.25, 0.3) is 11.4 Å². The molecule has 2 amide bonds. The largest absolute Gasteiger partial charge is 0.368 e. The van der Waals surface area contributed by atoms with E-state index < -0.39 is 0 Å². The molecule has 0 spiro atoms. The third-order valence-electron chi connectivity index (χ3n) is 6.18. The lowest BCUT2D eigenvalue weighted by atomic mass is 10.1. The molecule has 1 N–H and O–H groups in total. The first-order valence-corrected chi connectivity index (χ1v) is 10.9. The minimum Gasteiger partial charge on any atom is -0.368 e. The minimum atomic E-state index is -0.0400. The predicted molar refractivity (Wildman–Crippen MR) is 120 cm³/mol. The Morgan fingerprint density at radius 3 is 2.42 bits per heavy atom. The molecule has 3 aromatic rings. The van der Waals surface area contributed by atoms with Crippen molar-refractivity contribution in [1.29, 1.82) is 0 Å². The summed E-state index contributed by atoms with van der Waals surface area (Å²) in [5, 5.41) is 7.13. The lowest BCUT2D eigenvalue weighted by Crippen LogP contribution is -2.50. The van der Waals surface area contributed by atoms with Crippen molar-refractivity contribution in [2.24, 2.45) is 0 Å². The highest BCUT2D eigenvalue weighted by molar-refractivity contribution is 5.89.